The molecule has 1 fully saturated rings. The number of hydrogen-bond donors (Lipinski definition) is 1. The van der Waals surface area contributed by atoms with Crippen LogP contribution >= 0.6 is 0 Å². The summed E-state index contributed by atoms with van der Waals surface area (Å²) in [6.45, 7) is 0. The summed E-state index contributed by atoms with van der Waals surface area (Å²) in [5.74, 6) is -1.30. The molecule has 0 aromatic heterocycles. The summed E-state index contributed by atoms with van der Waals surface area (Å²) < 4.78 is 31.6. The zero-order chi connectivity index (χ0) is 12.5. The van der Waals surface area contributed by atoms with E-state index in [0.29, 0.717) is 25.7 Å². The maximum Gasteiger partial charge on any atom is 0.132 e. The minimum absolute atomic E-state index is 0.124. The molecule has 1 N–H and O–H groups in total. The zero-order valence-electron chi connectivity index (χ0n) is 9.75. The standard InChI is InChI=1S/C13H16F2O2/c1-17-10-4-6-13(16,7-5-10)11-3-2-9(14)8-12(11)15/h2-3,8,10,16H,4-7H2,1H3. The van der Waals surface area contributed by atoms with E-state index in [1.807, 2.05) is 0 Å². The average Bonchev–Trinajstić information content (AvgIpc) is 2.29. The van der Waals surface area contributed by atoms with Gasteiger partial charge in [0.15, 0.2) is 0 Å². The lowest BCUT2D eigenvalue weighted by molar-refractivity contribution is -0.0494. The third-order valence-electron chi connectivity index (χ3n) is 3.53. The SMILES string of the molecule is COC1CCC(O)(c2ccc(F)cc2F)CC1. The van der Waals surface area contributed by atoms with Crippen molar-refractivity contribution in [2.45, 2.75) is 37.4 Å². The van der Waals surface area contributed by atoms with Crippen molar-refractivity contribution in [1.29, 1.82) is 0 Å². The molecule has 1 aliphatic carbocycles. The summed E-state index contributed by atoms with van der Waals surface area (Å²) in [4.78, 5) is 0. The lowest BCUT2D eigenvalue weighted by Gasteiger charge is -2.36. The smallest absolute Gasteiger partial charge is 0.132 e. The molecule has 0 unspecified atom stereocenters. The van der Waals surface area contributed by atoms with Crippen LogP contribution in [0.1, 0.15) is 31.2 Å². The van der Waals surface area contributed by atoms with E-state index >= 15 is 0 Å². The Morgan fingerprint density at radius 2 is 1.94 bits per heavy atom. The van der Waals surface area contributed by atoms with Gasteiger partial charge in [0, 0.05) is 18.7 Å². The van der Waals surface area contributed by atoms with Crippen molar-refractivity contribution in [3.8, 4) is 0 Å². The average molecular weight is 242 g/mol. The monoisotopic (exact) mass is 242 g/mol. The van der Waals surface area contributed by atoms with Gasteiger partial charge in [-0.15, -0.1) is 0 Å². The topological polar surface area (TPSA) is 29.5 Å². The predicted octanol–water partition coefficient (Wildman–Crippen LogP) is 2.74. The molecule has 0 atom stereocenters. The molecule has 2 nitrogen and oxygen atoms in total. The second-order valence-electron chi connectivity index (χ2n) is 4.59. The van der Waals surface area contributed by atoms with Crippen LogP contribution in [0, 0.1) is 11.6 Å². The highest BCUT2D eigenvalue weighted by Gasteiger charge is 2.36. The molecule has 0 amide bonds. The first-order valence-corrected chi connectivity index (χ1v) is 5.76. The molecule has 0 aliphatic heterocycles. The Hall–Kier alpha value is -1.00. The van der Waals surface area contributed by atoms with Gasteiger partial charge in [-0.2, -0.15) is 0 Å². The van der Waals surface area contributed by atoms with Crippen molar-refractivity contribution >= 4 is 0 Å². The molecule has 0 heterocycles. The highest BCUT2D eigenvalue weighted by Crippen LogP contribution is 2.38. The maximum atomic E-state index is 13.6. The summed E-state index contributed by atoms with van der Waals surface area (Å²) in [6, 6.07) is 3.33. The largest absolute Gasteiger partial charge is 0.385 e. The molecular formula is C13H16F2O2. The van der Waals surface area contributed by atoms with Crippen LogP contribution in [0.15, 0.2) is 18.2 Å². The number of benzene rings is 1. The number of methoxy groups -OCH3 is 1. The quantitative estimate of drug-likeness (QED) is 0.864. The Kier molecular flexibility index (Phi) is 3.45. The van der Waals surface area contributed by atoms with Crippen molar-refractivity contribution in [3.63, 3.8) is 0 Å². The van der Waals surface area contributed by atoms with Crippen LogP contribution in [-0.2, 0) is 10.3 Å². The van der Waals surface area contributed by atoms with Crippen molar-refractivity contribution in [1.82, 2.24) is 0 Å². The molecular weight excluding hydrogens is 226 g/mol. The number of halogens is 2. The summed E-state index contributed by atoms with van der Waals surface area (Å²) in [7, 11) is 1.63. The fourth-order valence-corrected chi connectivity index (χ4v) is 2.44. The normalized spacial score (nSPS) is 29.3. The number of ether oxygens (including phenoxy) is 1. The van der Waals surface area contributed by atoms with Gasteiger partial charge in [-0.05, 0) is 31.7 Å². The van der Waals surface area contributed by atoms with Gasteiger partial charge in [0.05, 0.1) is 11.7 Å². The van der Waals surface area contributed by atoms with Gasteiger partial charge >= 0.3 is 0 Å². The number of aliphatic hydroxyl groups is 1. The lowest BCUT2D eigenvalue weighted by Crippen LogP contribution is -2.34. The first-order valence-electron chi connectivity index (χ1n) is 5.76. The molecule has 0 radical (unpaired) electrons. The van der Waals surface area contributed by atoms with Crippen LogP contribution < -0.4 is 0 Å². The third-order valence-corrected chi connectivity index (χ3v) is 3.53. The van der Waals surface area contributed by atoms with Gasteiger partial charge in [0.2, 0.25) is 0 Å². The Labute approximate surface area is 99.2 Å². The van der Waals surface area contributed by atoms with Crippen LogP contribution in [-0.4, -0.2) is 18.3 Å². The molecule has 2 rings (SSSR count). The fraction of sp³-hybridized carbons (Fsp3) is 0.538. The molecule has 1 aromatic carbocycles. The van der Waals surface area contributed by atoms with E-state index in [4.69, 9.17) is 4.74 Å². The van der Waals surface area contributed by atoms with Crippen molar-refractivity contribution in [2.75, 3.05) is 7.11 Å². The van der Waals surface area contributed by atoms with Crippen LogP contribution in [0.5, 0.6) is 0 Å². The third kappa shape index (κ3) is 2.48. The first-order chi connectivity index (χ1) is 8.05. The molecule has 17 heavy (non-hydrogen) atoms. The maximum absolute atomic E-state index is 13.6. The van der Waals surface area contributed by atoms with Crippen molar-refractivity contribution < 1.29 is 18.6 Å². The van der Waals surface area contributed by atoms with Gasteiger partial charge < -0.3 is 9.84 Å². The molecule has 1 saturated carbocycles. The van der Waals surface area contributed by atoms with E-state index in [1.165, 1.54) is 12.1 Å². The highest BCUT2D eigenvalue weighted by molar-refractivity contribution is 5.25. The van der Waals surface area contributed by atoms with Gasteiger partial charge in [-0.1, -0.05) is 6.07 Å². The van der Waals surface area contributed by atoms with E-state index in [0.717, 1.165) is 6.07 Å². The van der Waals surface area contributed by atoms with E-state index in [-0.39, 0.29) is 11.7 Å². The Balaban J connectivity index is 2.21. The summed E-state index contributed by atoms with van der Waals surface area (Å²) >= 11 is 0. The Morgan fingerprint density at radius 3 is 2.47 bits per heavy atom. The van der Waals surface area contributed by atoms with Gasteiger partial charge in [-0.3, -0.25) is 0 Å². The fourth-order valence-electron chi connectivity index (χ4n) is 2.44. The molecule has 94 valence electrons. The number of hydrogen-bond acceptors (Lipinski definition) is 2. The van der Waals surface area contributed by atoms with Gasteiger partial charge in [0.25, 0.3) is 0 Å². The minimum Gasteiger partial charge on any atom is -0.385 e. The molecule has 0 spiro atoms. The minimum atomic E-state index is -1.19. The van der Waals surface area contributed by atoms with E-state index in [9.17, 15) is 13.9 Å². The highest BCUT2D eigenvalue weighted by atomic mass is 19.1. The van der Waals surface area contributed by atoms with Crippen LogP contribution in [0.4, 0.5) is 8.78 Å². The lowest BCUT2D eigenvalue weighted by atomic mass is 9.78. The van der Waals surface area contributed by atoms with Gasteiger partial charge in [0.1, 0.15) is 11.6 Å². The molecule has 0 saturated heterocycles. The second-order valence-corrected chi connectivity index (χ2v) is 4.59. The molecule has 0 bridgehead atoms. The van der Waals surface area contributed by atoms with Crippen LogP contribution in [0.2, 0.25) is 0 Å². The van der Waals surface area contributed by atoms with Crippen molar-refractivity contribution in [3.05, 3.63) is 35.4 Å². The van der Waals surface area contributed by atoms with E-state index < -0.39 is 17.2 Å². The summed E-state index contributed by atoms with van der Waals surface area (Å²) in [5, 5.41) is 10.4. The van der Waals surface area contributed by atoms with E-state index in [1.54, 1.807) is 7.11 Å². The van der Waals surface area contributed by atoms with Crippen molar-refractivity contribution in [2.24, 2.45) is 0 Å². The molecule has 4 heteroatoms. The van der Waals surface area contributed by atoms with Gasteiger partial charge in [-0.25, -0.2) is 8.78 Å². The zero-order valence-corrected chi connectivity index (χ0v) is 9.75. The Morgan fingerprint density at radius 1 is 1.29 bits per heavy atom. The molecule has 1 aliphatic rings. The summed E-state index contributed by atoms with van der Waals surface area (Å²) in [6.07, 6.45) is 2.37. The second kappa shape index (κ2) is 4.70. The Bertz CT molecular complexity index is 398. The molecule has 1 aromatic rings. The summed E-state index contributed by atoms with van der Waals surface area (Å²) in [5.41, 5.74) is -0.999. The van der Waals surface area contributed by atoms with E-state index in [2.05, 4.69) is 0 Å². The number of rotatable bonds is 2. The predicted molar refractivity (Wildman–Crippen MR) is 59.5 cm³/mol. The first kappa shape index (κ1) is 12.5. The van der Waals surface area contributed by atoms with Crippen LogP contribution in [0.3, 0.4) is 0 Å². The van der Waals surface area contributed by atoms with Crippen LogP contribution in [0.25, 0.3) is 0 Å².